The highest BCUT2D eigenvalue weighted by Gasteiger charge is 2.62. The Hall–Kier alpha value is -3.97. The van der Waals surface area contributed by atoms with Crippen LogP contribution in [0.4, 0.5) is 0 Å². The fourth-order valence-corrected chi connectivity index (χ4v) is 4.07. The van der Waals surface area contributed by atoms with E-state index in [9.17, 15) is 29.7 Å². The summed E-state index contributed by atoms with van der Waals surface area (Å²) < 4.78 is 5.31. The number of esters is 1. The molecule has 1 atom stereocenters. The minimum Gasteiger partial charge on any atom is -0.481 e. The van der Waals surface area contributed by atoms with E-state index in [1.807, 2.05) is 0 Å². The quantitative estimate of drug-likeness (QED) is 0.373. The molecule has 3 N–H and O–H groups in total. The van der Waals surface area contributed by atoms with Crippen molar-refractivity contribution in [2.75, 3.05) is 0 Å². The second kappa shape index (κ2) is 10.8. The first-order valence-corrected chi connectivity index (χ1v) is 10.7. The fraction of sp³-hybridized carbons (Fsp3) is 0.222. The molecule has 0 amide bonds. The Kier molecular flexibility index (Phi) is 7.81. The SMILES string of the molecule is O=C(O)CC(O)(C(=O)OCc1ccccc1)C(Cc1ccccc1)(Cc1ccccc1)C(=O)O. The van der Waals surface area contributed by atoms with Crippen LogP contribution in [0.3, 0.4) is 0 Å². The maximum Gasteiger partial charge on any atom is 0.340 e. The van der Waals surface area contributed by atoms with Gasteiger partial charge in [0.25, 0.3) is 0 Å². The third-order valence-corrected chi connectivity index (χ3v) is 5.86. The van der Waals surface area contributed by atoms with Crippen LogP contribution >= 0.6 is 0 Å². The van der Waals surface area contributed by atoms with E-state index >= 15 is 0 Å². The molecule has 0 spiro atoms. The van der Waals surface area contributed by atoms with Crippen LogP contribution in [0.25, 0.3) is 0 Å². The lowest BCUT2D eigenvalue weighted by molar-refractivity contribution is -0.199. The van der Waals surface area contributed by atoms with Gasteiger partial charge in [0, 0.05) is 0 Å². The molecule has 0 saturated carbocycles. The Morgan fingerprint density at radius 1 is 0.676 bits per heavy atom. The predicted molar refractivity (Wildman–Crippen MR) is 124 cm³/mol. The number of benzene rings is 3. The van der Waals surface area contributed by atoms with E-state index in [4.69, 9.17) is 4.74 Å². The molecule has 3 aromatic carbocycles. The van der Waals surface area contributed by atoms with Gasteiger partial charge in [0.2, 0.25) is 0 Å². The summed E-state index contributed by atoms with van der Waals surface area (Å²) >= 11 is 0. The molecule has 3 rings (SSSR count). The van der Waals surface area contributed by atoms with Gasteiger partial charge >= 0.3 is 17.9 Å². The molecule has 7 heteroatoms. The van der Waals surface area contributed by atoms with Gasteiger partial charge in [0.15, 0.2) is 5.60 Å². The Balaban J connectivity index is 2.10. The van der Waals surface area contributed by atoms with Crippen molar-refractivity contribution in [2.24, 2.45) is 5.41 Å². The molecule has 7 nitrogen and oxygen atoms in total. The molecule has 0 radical (unpaired) electrons. The Labute approximate surface area is 197 Å². The second-order valence-corrected chi connectivity index (χ2v) is 8.20. The smallest absolute Gasteiger partial charge is 0.340 e. The number of carboxylic acid groups (broad SMARTS) is 2. The first-order chi connectivity index (χ1) is 16.3. The Bertz CT molecular complexity index is 1070. The van der Waals surface area contributed by atoms with E-state index in [1.54, 1.807) is 91.0 Å². The zero-order valence-electron chi connectivity index (χ0n) is 18.5. The fourth-order valence-electron chi connectivity index (χ4n) is 4.07. The average Bonchev–Trinajstić information content (AvgIpc) is 2.83. The third-order valence-electron chi connectivity index (χ3n) is 5.86. The standard InChI is InChI=1S/C27H26O7/c28-23(29)18-27(33,25(32)34-19-22-14-8-3-9-15-22)26(24(30)31,16-20-10-4-1-5-11-20)17-21-12-6-2-7-13-21/h1-15,33H,16-19H2,(H,28,29)(H,30,31). The van der Waals surface area contributed by atoms with Crippen molar-refractivity contribution < 1.29 is 34.4 Å². The number of rotatable bonds is 11. The van der Waals surface area contributed by atoms with E-state index in [1.165, 1.54) is 0 Å². The molecule has 0 aliphatic rings. The lowest BCUT2D eigenvalue weighted by Gasteiger charge is -2.42. The second-order valence-electron chi connectivity index (χ2n) is 8.20. The first kappa shape index (κ1) is 24.7. The molecule has 0 fully saturated rings. The van der Waals surface area contributed by atoms with Crippen LogP contribution < -0.4 is 0 Å². The minimum atomic E-state index is -2.86. The number of aliphatic carboxylic acids is 2. The summed E-state index contributed by atoms with van der Waals surface area (Å²) in [5.41, 5.74) is -3.41. The number of ether oxygens (including phenoxy) is 1. The number of hydrogen-bond donors (Lipinski definition) is 3. The van der Waals surface area contributed by atoms with E-state index in [2.05, 4.69) is 0 Å². The number of hydrogen-bond acceptors (Lipinski definition) is 5. The Morgan fingerprint density at radius 3 is 1.47 bits per heavy atom. The Morgan fingerprint density at radius 2 is 1.09 bits per heavy atom. The van der Waals surface area contributed by atoms with Gasteiger partial charge in [0.1, 0.15) is 12.0 Å². The van der Waals surface area contributed by atoms with Crippen LogP contribution in [-0.2, 0) is 38.6 Å². The largest absolute Gasteiger partial charge is 0.481 e. The van der Waals surface area contributed by atoms with E-state index < -0.39 is 35.3 Å². The minimum absolute atomic E-state index is 0.242. The molecule has 0 aromatic heterocycles. The molecule has 1 unspecified atom stereocenters. The van der Waals surface area contributed by atoms with Gasteiger partial charge in [-0.05, 0) is 29.5 Å². The topological polar surface area (TPSA) is 121 Å². The van der Waals surface area contributed by atoms with Gasteiger partial charge in [-0.15, -0.1) is 0 Å². The lowest BCUT2D eigenvalue weighted by atomic mass is 9.63. The van der Waals surface area contributed by atoms with Crippen molar-refractivity contribution in [3.05, 3.63) is 108 Å². The summed E-state index contributed by atoms with van der Waals surface area (Å²) in [5, 5.41) is 31.8. The van der Waals surface area contributed by atoms with Crippen LogP contribution in [0, 0.1) is 5.41 Å². The molecule has 34 heavy (non-hydrogen) atoms. The number of carbonyl (C=O) groups excluding carboxylic acids is 1. The zero-order chi connectivity index (χ0) is 24.6. The monoisotopic (exact) mass is 462 g/mol. The maximum atomic E-state index is 13.3. The average molecular weight is 462 g/mol. The van der Waals surface area contributed by atoms with E-state index in [-0.39, 0.29) is 19.4 Å². The summed E-state index contributed by atoms with van der Waals surface area (Å²) in [6.07, 6.45) is -1.71. The van der Waals surface area contributed by atoms with E-state index in [0.29, 0.717) is 16.7 Å². The molecule has 176 valence electrons. The van der Waals surface area contributed by atoms with Crippen molar-refractivity contribution in [1.82, 2.24) is 0 Å². The summed E-state index contributed by atoms with van der Waals surface area (Å²) in [6, 6.07) is 25.6. The summed E-state index contributed by atoms with van der Waals surface area (Å²) in [6.45, 7) is -0.242. The zero-order valence-corrected chi connectivity index (χ0v) is 18.5. The van der Waals surface area contributed by atoms with Crippen molar-refractivity contribution in [2.45, 2.75) is 31.5 Å². The molecule has 0 saturated heterocycles. The van der Waals surface area contributed by atoms with Gasteiger partial charge in [-0.2, -0.15) is 0 Å². The van der Waals surface area contributed by atoms with Crippen LogP contribution in [0.15, 0.2) is 91.0 Å². The lowest BCUT2D eigenvalue weighted by Crippen LogP contribution is -2.62. The normalized spacial score (nSPS) is 13.0. The van der Waals surface area contributed by atoms with Crippen LogP contribution in [0.1, 0.15) is 23.1 Å². The first-order valence-electron chi connectivity index (χ1n) is 10.7. The van der Waals surface area contributed by atoms with Gasteiger partial charge < -0.3 is 20.1 Å². The molecule has 3 aromatic rings. The molecule has 0 aliphatic carbocycles. The van der Waals surface area contributed by atoms with Gasteiger partial charge in [-0.1, -0.05) is 91.0 Å². The molecular weight excluding hydrogens is 436 g/mol. The number of carbonyl (C=O) groups is 3. The molecule has 0 aliphatic heterocycles. The van der Waals surface area contributed by atoms with Crippen molar-refractivity contribution in [1.29, 1.82) is 0 Å². The molecule has 0 heterocycles. The summed E-state index contributed by atoms with van der Waals surface area (Å²) in [4.78, 5) is 38.0. The van der Waals surface area contributed by atoms with Gasteiger partial charge in [-0.3, -0.25) is 9.59 Å². The van der Waals surface area contributed by atoms with Crippen molar-refractivity contribution >= 4 is 17.9 Å². The summed E-state index contributed by atoms with van der Waals surface area (Å²) in [5.74, 6) is -4.32. The highest BCUT2D eigenvalue weighted by atomic mass is 16.6. The van der Waals surface area contributed by atoms with E-state index in [0.717, 1.165) is 0 Å². The molecule has 0 bridgehead atoms. The highest BCUT2D eigenvalue weighted by molar-refractivity contribution is 5.93. The van der Waals surface area contributed by atoms with Crippen LogP contribution in [0.5, 0.6) is 0 Å². The van der Waals surface area contributed by atoms with Crippen LogP contribution in [-0.4, -0.2) is 38.8 Å². The van der Waals surface area contributed by atoms with Gasteiger partial charge in [-0.25, -0.2) is 4.79 Å². The number of aliphatic hydroxyl groups is 1. The molecular formula is C27H26O7. The maximum absolute atomic E-state index is 13.3. The third kappa shape index (κ3) is 5.50. The van der Waals surface area contributed by atoms with Gasteiger partial charge in [0.05, 0.1) is 6.42 Å². The van der Waals surface area contributed by atoms with Crippen molar-refractivity contribution in [3.8, 4) is 0 Å². The van der Waals surface area contributed by atoms with Crippen molar-refractivity contribution in [3.63, 3.8) is 0 Å². The van der Waals surface area contributed by atoms with Crippen LogP contribution in [0.2, 0.25) is 0 Å². The highest BCUT2D eigenvalue weighted by Crippen LogP contribution is 2.43. The predicted octanol–water partition coefficient (Wildman–Crippen LogP) is 3.49. The summed E-state index contributed by atoms with van der Waals surface area (Å²) in [7, 11) is 0. The number of carboxylic acids is 2.